The van der Waals surface area contributed by atoms with E-state index in [9.17, 15) is 18.8 Å². The molecule has 0 aliphatic heterocycles. The van der Waals surface area contributed by atoms with Crippen molar-refractivity contribution in [1.29, 1.82) is 0 Å². The Morgan fingerprint density at radius 3 is 2.51 bits per heavy atom. The van der Waals surface area contributed by atoms with E-state index in [4.69, 9.17) is 10.7 Å². The molecule has 0 bridgehead atoms. The van der Waals surface area contributed by atoms with Crippen LogP contribution in [0.4, 0.5) is 4.39 Å². The molecule has 2 aromatic rings. The van der Waals surface area contributed by atoms with Gasteiger partial charge in [-0.3, -0.25) is 19.4 Å². The van der Waals surface area contributed by atoms with Crippen LogP contribution in [-0.2, 0) is 21.7 Å². The first kappa shape index (κ1) is 24.3. The van der Waals surface area contributed by atoms with Gasteiger partial charge in [-0.2, -0.15) is 0 Å². The topological polar surface area (TPSA) is 114 Å². The van der Waals surface area contributed by atoms with E-state index in [2.05, 4.69) is 10.6 Å². The fourth-order valence-electron chi connectivity index (χ4n) is 4.29. The molecule has 2 aliphatic rings. The van der Waals surface area contributed by atoms with Crippen LogP contribution in [0.5, 0.6) is 0 Å². The first-order valence-corrected chi connectivity index (χ1v) is 11.7. The van der Waals surface area contributed by atoms with Crippen molar-refractivity contribution in [2.24, 2.45) is 10.7 Å². The van der Waals surface area contributed by atoms with E-state index in [1.807, 2.05) is 13.0 Å². The summed E-state index contributed by atoms with van der Waals surface area (Å²) in [5.41, 5.74) is 9.81. The number of halogens is 1. The maximum atomic E-state index is 14.8. The quantitative estimate of drug-likeness (QED) is 0.292. The number of aliphatic imine (C=N–C) groups is 1. The van der Waals surface area contributed by atoms with Crippen LogP contribution in [0.3, 0.4) is 0 Å². The van der Waals surface area contributed by atoms with E-state index >= 15 is 0 Å². The molecule has 0 radical (unpaired) electrons. The van der Waals surface area contributed by atoms with E-state index in [1.165, 1.54) is 12.1 Å². The molecular weight excluding hydrogens is 447 g/mol. The minimum Gasteiger partial charge on any atom is -0.402 e. The summed E-state index contributed by atoms with van der Waals surface area (Å²) in [5.74, 6) is -1.50. The number of nitrogens with zero attached hydrogens (tertiary/aromatic N) is 1. The molecule has 2 aliphatic carbocycles. The number of hydrogen-bond donors (Lipinski definition) is 3. The van der Waals surface area contributed by atoms with Gasteiger partial charge in [0, 0.05) is 29.1 Å². The number of carbonyl (C=O) groups is 3. The standard InChI is InChI=1S/C27H29FN4O3/c1-16(29)25(17(2)31-22-7-8-22)19-11-20(13-21(28)12-19)27(9-10-27)32-26(35)23-6-4-3-5-18(23)14-30-24(34)15-33/h3-6,11-13,15,22H,7-10,14,29H2,1-2H3,(H,30,34)(H,32,35)/b25-16+,31-17?. The van der Waals surface area contributed by atoms with Crippen molar-refractivity contribution in [1.82, 2.24) is 10.6 Å². The van der Waals surface area contributed by atoms with Gasteiger partial charge >= 0.3 is 0 Å². The van der Waals surface area contributed by atoms with Crippen molar-refractivity contribution in [3.8, 4) is 0 Å². The van der Waals surface area contributed by atoms with Crippen LogP contribution in [0.25, 0.3) is 5.57 Å². The number of nitrogens with two attached hydrogens (primary N) is 1. The highest BCUT2D eigenvalue weighted by molar-refractivity contribution is 6.24. The van der Waals surface area contributed by atoms with Crippen LogP contribution in [0.1, 0.15) is 66.6 Å². The molecule has 4 rings (SSSR count). The monoisotopic (exact) mass is 476 g/mol. The third kappa shape index (κ3) is 5.65. The Morgan fingerprint density at radius 1 is 1.17 bits per heavy atom. The average Bonchev–Trinajstić information content (AvgIpc) is 3.75. The molecule has 2 aromatic carbocycles. The van der Waals surface area contributed by atoms with Gasteiger partial charge in [-0.15, -0.1) is 0 Å². The molecule has 0 saturated heterocycles. The molecule has 182 valence electrons. The smallest absolute Gasteiger partial charge is 0.284 e. The molecule has 0 heterocycles. The van der Waals surface area contributed by atoms with Crippen molar-refractivity contribution < 1.29 is 18.8 Å². The van der Waals surface area contributed by atoms with Gasteiger partial charge in [-0.1, -0.05) is 18.2 Å². The van der Waals surface area contributed by atoms with Crippen molar-refractivity contribution in [2.75, 3.05) is 0 Å². The van der Waals surface area contributed by atoms with E-state index in [0.29, 0.717) is 46.8 Å². The number of benzene rings is 2. The van der Waals surface area contributed by atoms with Crippen molar-refractivity contribution >= 4 is 29.4 Å². The number of aldehydes is 1. The van der Waals surface area contributed by atoms with Crippen LogP contribution in [0.15, 0.2) is 53.2 Å². The summed E-state index contributed by atoms with van der Waals surface area (Å²) in [6, 6.07) is 11.9. The first-order chi connectivity index (χ1) is 16.7. The summed E-state index contributed by atoms with van der Waals surface area (Å²) in [5, 5.41) is 5.53. The summed E-state index contributed by atoms with van der Waals surface area (Å²) in [6.45, 7) is 3.71. The van der Waals surface area contributed by atoms with Crippen LogP contribution in [0.2, 0.25) is 0 Å². The summed E-state index contributed by atoms with van der Waals surface area (Å²) in [6.07, 6.45) is 3.63. The molecule has 0 unspecified atom stereocenters. The zero-order valence-corrected chi connectivity index (χ0v) is 19.9. The van der Waals surface area contributed by atoms with Gasteiger partial charge < -0.3 is 16.4 Å². The highest BCUT2D eigenvalue weighted by Gasteiger charge is 2.46. The molecule has 7 nitrogen and oxygen atoms in total. The summed E-state index contributed by atoms with van der Waals surface area (Å²) < 4.78 is 14.8. The lowest BCUT2D eigenvalue weighted by Gasteiger charge is -2.21. The fourth-order valence-corrected chi connectivity index (χ4v) is 4.29. The van der Waals surface area contributed by atoms with Crippen LogP contribution >= 0.6 is 0 Å². The van der Waals surface area contributed by atoms with Crippen LogP contribution in [-0.4, -0.2) is 29.9 Å². The van der Waals surface area contributed by atoms with Gasteiger partial charge in [-0.05, 0) is 80.5 Å². The molecule has 0 spiro atoms. The third-order valence-corrected chi connectivity index (χ3v) is 6.34. The average molecular weight is 477 g/mol. The third-order valence-electron chi connectivity index (χ3n) is 6.34. The van der Waals surface area contributed by atoms with Gasteiger partial charge in [-0.25, -0.2) is 4.39 Å². The second-order valence-corrected chi connectivity index (χ2v) is 9.26. The maximum Gasteiger partial charge on any atom is 0.284 e. The zero-order valence-electron chi connectivity index (χ0n) is 19.9. The van der Waals surface area contributed by atoms with Gasteiger partial charge in [0.1, 0.15) is 5.82 Å². The molecule has 2 amide bonds. The van der Waals surface area contributed by atoms with Crippen molar-refractivity contribution in [3.05, 3.63) is 76.2 Å². The maximum absolute atomic E-state index is 14.8. The number of nitrogens with one attached hydrogen (secondary N) is 2. The Kier molecular flexibility index (Phi) is 6.82. The second-order valence-electron chi connectivity index (χ2n) is 9.26. The first-order valence-electron chi connectivity index (χ1n) is 11.7. The minimum absolute atomic E-state index is 0.0435. The molecular formula is C27H29FN4O3. The lowest BCUT2D eigenvalue weighted by atomic mass is 9.94. The van der Waals surface area contributed by atoms with Crippen LogP contribution in [0, 0.1) is 5.82 Å². The SMILES string of the molecule is CC(=NC1CC1)/C(=C(/C)N)c1cc(F)cc(C2(NC(=O)c3ccccc3CNC(=O)C=O)CC2)c1. The molecule has 0 atom stereocenters. The Balaban J connectivity index is 1.61. The van der Waals surface area contributed by atoms with E-state index in [-0.39, 0.29) is 18.7 Å². The van der Waals surface area contributed by atoms with Crippen molar-refractivity contribution in [2.45, 2.75) is 57.7 Å². The molecule has 2 fully saturated rings. The van der Waals surface area contributed by atoms with Gasteiger partial charge in [0.2, 0.25) is 6.29 Å². The number of carbonyl (C=O) groups excluding carboxylic acids is 3. The summed E-state index contributed by atoms with van der Waals surface area (Å²) in [4.78, 5) is 39.8. The van der Waals surface area contributed by atoms with E-state index in [1.54, 1.807) is 31.2 Å². The number of hydrogen-bond acceptors (Lipinski definition) is 5. The predicted molar refractivity (Wildman–Crippen MR) is 132 cm³/mol. The van der Waals surface area contributed by atoms with E-state index < -0.39 is 17.3 Å². The Labute approximate surface area is 203 Å². The summed E-state index contributed by atoms with van der Waals surface area (Å²) >= 11 is 0. The van der Waals surface area contributed by atoms with Gasteiger partial charge in [0.05, 0.1) is 11.6 Å². The second kappa shape index (κ2) is 9.82. The zero-order chi connectivity index (χ0) is 25.2. The minimum atomic E-state index is -0.759. The highest BCUT2D eigenvalue weighted by Crippen LogP contribution is 2.46. The number of allylic oxidation sites excluding steroid dienone is 2. The Bertz CT molecular complexity index is 1240. The predicted octanol–water partition coefficient (Wildman–Crippen LogP) is 3.37. The number of amides is 2. The molecule has 8 heteroatoms. The fraction of sp³-hybridized carbons (Fsp3) is 0.333. The molecule has 2 saturated carbocycles. The summed E-state index contributed by atoms with van der Waals surface area (Å²) in [7, 11) is 0. The van der Waals surface area contributed by atoms with Crippen LogP contribution < -0.4 is 16.4 Å². The number of rotatable bonds is 9. The lowest BCUT2D eigenvalue weighted by Crippen LogP contribution is -2.36. The normalized spacial score (nSPS) is 17.3. The Morgan fingerprint density at radius 2 is 1.89 bits per heavy atom. The highest BCUT2D eigenvalue weighted by atomic mass is 19.1. The lowest BCUT2D eigenvalue weighted by molar-refractivity contribution is -0.131. The van der Waals surface area contributed by atoms with E-state index in [0.717, 1.165) is 24.1 Å². The van der Waals surface area contributed by atoms with Gasteiger partial charge in [0.25, 0.3) is 11.8 Å². The molecule has 4 N–H and O–H groups in total. The molecule has 0 aromatic heterocycles. The Hall–Kier alpha value is -3.81. The van der Waals surface area contributed by atoms with Gasteiger partial charge in [0.15, 0.2) is 0 Å². The van der Waals surface area contributed by atoms with Crippen molar-refractivity contribution in [3.63, 3.8) is 0 Å². The molecule has 35 heavy (non-hydrogen) atoms. The largest absolute Gasteiger partial charge is 0.402 e.